The van der Waals surface area contributed by atoms with Gasteiger partial charge in [-0.3, -0.25) is 4.79 Å². The molecule has 1 amide bonds. The highest BCUT2D eigenvalue weighted by atomic mass is 79.9. The van der Waals surface area contributed by atoms with E-state index in [0.717, 1.165) is 27.3 Å². The van der Waals surface area contributed by atoms with E-state index in [1.54, 1.807) is 0 Å². The second-order valence-electron chi connectivity index (χ2n) is 6.09. The van der Waals surface area contributed by atoms with Gasteiger partial charge >= 0.3 is 0 Å². The molecule has 0 radical (unpaired) electrons. The highest BCUT2D eigenvalue weighted by Gasteiger charge is 2.14. The normalized spacial score (nSPS) is 10.7. The fraction of sp³-hybridized carbons (Fsp3) is 0.250. The minimum absolute atomic E-state index is 0.0751. The van der Waals surface area contributed by atoms with Crippen LogP contribution in [0.1, 0.15) is 18.3 Å². The van der Waals surface area contributed by atoms with E-state index in [0.29, 0.717) is 18.3 Å². The molecule has 0 atom stereocenters. The van der Waals surface area contributed by atoms with E-state index in [4.69, 9.17) is 4.74 Å². The predicted molar refractivity (Wildman–Crippen MR) is 115 cm³/mol. The summed E-state index contributed by atoms with van der Waals surface area (Å²) >= 11 is 4.77. The lowest BCUT2D eigenvalue weighted by Gasteiger charge is -2.09. The largest absolute Gasteiger partial charge is 0.486 e. The number of benzene rings is 2. The first-order valence-electron chi connectivity index (χ1n) is 8.85. The Morgan fingerprint density at radius 3 is 2.71 bits per heavy atom. The quantitative estimate of drug-likeness (QED) is 0.494. The Bertz CT molecular complexity index is 944. The van der Waals surface area contributed by atoms with Crippen LogP contribution in [0.2, 0.25) is 0 Å². The number of nitrogens with one attached hydrogen (secondary N) is 1. The highest BCUT2D eigenvalue weighted by Crippen LogP contribution is 2.20. The van der Waals surface area contributed by atoms with Gasteiger partial charge in [-0.2, -0.15) is 0 Å². The number of aryl methyl sites for hydroxylation is 1. The van der Waals surface area contributed by atoms with Gasteiger partial charge in [0.05, 0.1) is 5.75 Å². The Hall–Kier alpha value is -2.32. The lowest BCUT2D eigenvalue weighted by Crippen LogP contribution is -2.15. The van der Waals surface area contributed by atoms with Crippen LogP contribution in [0, 0.1) is 6.92 Å². The summed E-state index contributed by atoms with van der Waals surface area (Å²) in [6, 6.07) is 15.4. The molecule has 0 saturated carbocycles. The maximum atomic E-state index is 12.2. The Balaban J connectivity index is 1.57. The van der Waals surface area contributed by atoms with Crippen LogP contribution in [0.5, 0.6) is 5.75 Å². The summed E-state index contributed by atoms with van der Waals surface area (Å²) in [6.45, 7) is 5.03. The molecular formula is C20H21BrN4O2S. The lowest BCUT2D eigenvalue weighted by atomic mass is 10.2. The Labute approximate surface area is 176 Å². The molecule has 0 aliphatic rings. The second-order valence-corrected chi connectivity index (χ2v) is 7.95. The molecule has 0 aliphatic carbocycles. The van der Waals surface area contributed by atoms with Gasteiger partial charge in [-0.15, -0.1) is 10.2 Å². The monoisotopic (exact) mass is 460 g/mol. The second kappa shape index (κ2) is 9.75. The molecular weight excluding hydrogens is 440 g/mol. The van der Waals surface area contributed by atoms with Gasteiger partial charge in [-0.25, -0.2) is 0 Å². The lowest BCUT2D eigenvalue weighted by molar-refractivity contribution is -0.113. The first-order valence-corrected chi connectivity index (χ1v) is 10.6. The van der Waals surface area contributed by atoms with E-state index < -0.39 is 0 Å². The summed E-state index contributed by atoms with van der Waals surface area (Å²) < 4.78 is 8.75. The zero-order chi connectivity index (χ0) is 19.9. The molecule has 0 spiro atoms. The molecule has 3 aromatic rings. The van der Waals surface area contributed by atoms with Crippen molar-refractivity contribution < 1.29 is 9.53 Å². The Kier molecular flexibility index (Phi) is 7.11. The van der Waals surface area contributed by atoms with Gasteiger partial charge in [-0.05, 0) is 55.8 Å². The molecule has 1 heterocycles. The molecule has 2 aromatic carbocycles. The molecule has 8 heteroatoms. The number of nitrogens with zero attached hydrogens (tertiary/aromatic N) is 3. The number of hydrogen-bond donors (Lipinski definition) is 1. The number of carbonyl (C=O) groups excluding carboxylic acids is 1. The van der Waals surface area contributed by atoms with E-state index in [1.165, 1.54) is 11.8 Å². The molecule has 146 valence electrons. The first kappa shape index (κ1) is 20.4. The maximum Gasteiger partial charge on any atom is 0.234 e. The van der Waals surface area contributed by atoms with Crippen molar-refractivity contribution in [2.75, 3.05) is 11.1 Å². The summed E-state index contributed by atoms with van der Waals surface area (Å²) in [5.74, 6) is 1.68. The van der Waals surface area contributed by atoms with E-state index in [2.05, 4.69) is 31.4 Å². The number of thioether (sulfide) groups is 1. The van der Waals surface area contributed by atoms with Gasteiger partial charge in [-0.1, -0.05) is 39.8 Å². The first-order chi connectivity index (χ1) is 13.5. The summed E-state index contributed by atoms with van der Waals surface area (Å²) in [5.41, 5.74) is 1.90. The number of aromatic nitrogens is 3. The van der Waals surface area contributed by atoms with Crippen molar-refractivity contribution in [2.45, 2.75) is 32.2 Å². The third-order valence-electron chi connectivity index (χ3n) is 3.93. The number of amides is 1. The van der Waals surface area contributed by atoms with E-state index in [1.807, 2.05) is 66.9 Å². The van der Waals surface area contributed by atoms with Crippen LogP contribution in [0.15, 0.2) is 58.2 Å². The van der Waals surface area contributed by atoms with Crippen molar-refractivity contribution in [1.29, 1.82) is 0 Å². The third-order valence-corrected chi connectivity index (χ3v) is 5.42. The molecule has 0 aliphatic heterocycles. The summed E-state index contributed by atoms with van der Waals surface area (Å²) in [5, 5.41) is 12.0. The molecule has 6 nitrogen and oxygen atoms in total. The van der Waals surface area contributed by atoms with Crippen molar-refractivity contribution >= 4 is 39.3 Å². The fourth-order valence-corrected chi connectivity index (χ4v) is 3.66. The van der Waals surface area contributed by atoms with Gasteiger partial charge in [0, 0.05) is 16.7 Å². The minimum atomic E-state index is -0.0751. The third kappa shape index (κ3) is 5.59. The fourth-order valence-electron chi connectivity index (χ4n) is 2.58. The van der Waals surface area contributed by atoms with E-state index in [-0.39, 0.29) is 11.7 Å². The number of rotatable bonds is 8. The highest BCUT2D eigenvalue weighted by molar-refractivity contribution is 9.10. The minimum Gasteiger partial charge on any atom is -0.486 e. The van der Waals surface area contributed by atoms with Crippen LogP contribution in [0.3, 0.4) is 0 Å². The molecule has 0 bridgehead atoms. The molecule has 0 fully saturated rings. The molecule has 1 aromatic heterocycles. The molecule has 0 saturated heterocycles. The maximum absolute atomic E-state index is 12.2. The average Bonchev–Trinajstić information content (AvgIpc) is 3.08. The Morgan fingerprint density at radius 1 is 1.21 bits per heavy atom. The van der Waals surface area contributed by atoms with Crippen LogP contribution in [-0.2, 0) is 17.9 Å². The topological polar surface area (TPSA) is 69.0 Å². The van der Waals surface area contributed by atoms with Crippen LogP contribution >= 0.6 is 27.7 Å². The van der Waals surface area contributed by atoms with Crippen LogP contribution in [0.4, 0.5) is 5.69 Å². The zero-order valence-corrected chi connectivity index (χ0v) is 18.1. The number of anilines is 1. The van der Waals surface area contributed by atoms with Gasteiger partial charge < -0.3 is 14.6 Å². The van der Waals surface area contributed by atoms with Gasteiger partial charge in [0.25, 0.3) is 0 Å². The van der Waals surface area contributed by atoms with Crippen LogP contribution in [-0.4, -0.2) is 26.4 Å². The smallest absolute Gasteiger partial charge is 0.234 e. The average molecular weight is 461 g/mol. The van der Waals surface area contributed by atoms with Crippen molar-refractivity contribution in [3.8, 4) is 5.75 Å². The number of halogens is 1. The molecule has 28 heavy (non-hydrogen) atoms. The van der Waals surface area contributed by atoms with Crippen LogP contribution < -0.4 is 10.1 Å². The summed E-state index contributed by atoms with van der Waals surface area (Å²) in [6.07, 6.45) is 0. The molecule has 3 rings (SSSR count). The standard InChI is InChI=1S/C20H21BrN4O2S/c1-3-25-18(12-27-17-9-7-15(21)8-10-17)23-24-20(25)28-13-19(26)22-16-6-4-5-14(2)11-16/h4-11H,3,12-13H2,1-2H3,(H,22,26). The number of carbonyl (C=O) groups is 1. The van der Waals surface area contributed by atoms with Crippen molar-refractivity contribution in [2.24, 2.45) is 0 Å². The predicted octanol–water partition coefficient (Wildman–Crippen LogP) is 4.68. The van der Waals surface area contributed by atoms with E-state index in [9.17, 15) is 4.79 Å². The SMILES string of the molecule is CCn1c(COc2ccc(Br)cc2)nnc1SCC(=O)Nc1cccc(C)c1. The summed E-state index contributed by atoms with van der Waals surface area (Å²) in [7, 11) is 0. The molecule has 1 N–H and O–H groups in total. The van der Waals surface area contributed by atoms with Gasteiger partial charge in [0.2, 0.25) is 5.91 Å². The number of ether oxygens (including phenoxy) is 1. The van der Waals surface area contributed by atoms with Crippen molar-refractivity contribution in [1.82, 2.24) is 14.8 Å². The van der Waals surface area contributed by atoms with E-state index >= 15 is 0 Å². The number of hydrogen-bond acceptors (Lipinski definition) is 5. The Morgan fingerprint density at radius 2 is 2.00 bits per heavy atom. The van der Waals surface area contributed by atoms with Crippen molar-refractivity contribution in [3.63, 3.8) is 0 Å². The van der Waals surface area contributed by atoms with Crippen LogP contribution in [0.25, 0.3) is 0 Å². The van der Waals surface area contributed by atoms with Gasteiger partial charge in [0.1, 0.15) is 12.4 Å². The summed E-state index contributed by atoms with van der Waals surface area (Å²) in [4.78, 5) is 12.2. The molecule has 0 unspecified atom stereocenters. The van der Waals surface area contributed by atoms with Crippen molar-refractivity contribution in [3.05, 3.63) is 64.4 Å². The van der Waals surface area contributed by atoms with Gasteiger partial charge in [0.15, 0.2) is 11.0 Å². The zero-order valence-electron chi connectivity index (χ0n) is 15.7.